The Hall–Kier alpha value is -2.88. The van der Waals surface area contributed by atoms with Gasteiger partial charge < -0.3 is 5.11 Å². The second kappa shape index (κ2) is 6.08. The van der Waals surface area contributed by atoms with E-state index in [1.54, 1.807) is 6.08 Å². The standard InChI is InChI=1S/C19H18N2O2/c1-13-5-7-15(8-6-13)12-16-17(9-10-18(22)23)21-11-3-4-14(2)19(21)20-16/h3-11H,12H2,1-2H3,(H,22,23)/b10-9+. The van der Waals surface area contributed by atoms with Crippen molar-refractivity contribution in [2.75, 3.05) is 0 Å². The van der Waals surface area contributed by atoms with E-state index in [0.717, 1.165) is 34.2 Å². The summed E-state index contributed by atoms with van der Waals surface area (Å²) in [7, 11) is 0. The molecule has 0 aliphatic heterocycles. The van der Waals surface area contributed by atoms with Crippen molar-refractivity contribution >= 4 is 17.7 Å². The van der Waals surface area contributed by atoms with Crippen molar-refractivity contribution < 1.29 is 9.90 Å². The third kappa shape index (κ3) is 3.16. The van der Waals surface area contributed by atoms with Gasteiger partial charge in [-0.25, -0.2) is 9.78 Å². The Bertz CT molecular complexity index is 890. The van der Waals surface area contributed by atoms with E-state index in [9.17, 15) is 4.79 Å². The van der Waals surface area contributed by atoms with Crippen LogP contribution in [-0.2, 0) is 11.2 Å². The van der Waals surface area contributed by atoms with Crippen molar-refractivity contribution in [1.82, 2.24) is 9.38 Å². The van der Waals surface area contributed by atoms with Crippen molar-refractivity contribution in [1.29, 1.82) is 0 Å². The first-order valence-corrected chi connectivity index (χ1v) is 7.47. The largest absolute Gasteiger partial charge is 0.478 e. The first kappa shape index (κ1) is 15.0. The van der Waals surface area contributed by atoms with E-state index in [4.69, 9.17) is 10.1 Å². The second-order valence-electron chi connectivity index (χ2n) is 5.66. The number of rotatable bonds is 4. The third-order valence-corrected chi connectivity index (χ3v) is 3.83. The number of aryl methyl sites for hydroxylation is 2. The summed E-state index contributed by atoms with van der Waals surface area (Å²) in [6.07, 6.45) is 5.35. The number of carbonyl (C=O) groups is 1. The quantitative estimate of drug-likeness (QED) is 0.749. The van der Waals surface area contributed by atoms with Crippen LogP contribution in [0.2, 0.25) is 0 Å². The van der Waals surface area contributed by atoms with Crippen LogP contribution in [0.25, 0.3) is 11.7 Å². The van der Waals surface area contributed by atoms with E-state index < -0.39 is 5.97 Å². The predicted molar refractivity (Wildman–Crippen MR) is 90.6 cm³/mol. The number of nitrogens with zero attached hydrogens (tertiary/aromatic N) is 2. The smallest absolute Gasteiger partial charge is 0.328 e. The monoisotopic (exact) mass is 306 g/mol. The number of fused-ring (bicyclic) bond motifs is 1. The number of carboxylic acid groups (broad SMARTS) is 1. The molecule has 0 spiro atoms. The summed E-state index contributed by atoms with van der Waals surface area (Å²) in [5, 5.41) is 8.93. The van der Waals surface area contributed by atoms with E-state index in [2.05, 4.69) is 31.2 Å². The summed E-state index contributed by atoms with van der Waals surface area (Å²) in [6, 6.07) is 12.3. The van der Waals surface area contributed by atoms with Gasteiger partial charge in [0.1, 0.15) is 5.65 Å². The van der Waals surface area contributed by atoms with Crippen molar-refractivity contribution in [3.05, 3.63) is 76.7 Å². The molecule has 116 valence electrons. The van der Waals surface area contributed by atoms with Gasteiger partial charge in [0.05, 0.1) is 11.4 Å². The Balaban J connectivity index is 2.10. The maximum Gasteiger partial charge on any atom is 0.328 e. The molecule has 4 heteroatoms. The van der Waals surface area contributed by atoms with Gasteiger partial charge in [-0.15, -0.1) is 0 Å². The highest BCUT2D eigenvalue weighted by molar-refractivity contribution is 5.85. The molecule has 0 saturated heterocycles. The summed E-state index contributed by atoms with van der Waals surface area (Å²) < 4.78 is 1.94. The normalized spacial score (nSPS) is 11.4. The van der Waals surface area contributed by atoms with Crippen LogP contribution in [-0.4, -0.2) is 20.5 Å². The molecule has 0 fully saturated rings. The molecule has 0 radical (unpaired) electrons. The minimum atomic E-state index is -0.964. The summed E-state index contributed by atoms with van der Waals surface area (Å²) in [5.74, 6) is -0.964. The van der Waals surface area contributed by atoms with Gasteiger partial charge >= 0.3 is 5.97 Å². The number of hydrogen-bond acceptors (Lipinski definition) is 2. The van der Waals surface area contributed by atoms with Crippen LogP contribution in [0.4, 0.5) is 0 Å². The molecule has 0 aliphatic rings. The van der Waals surface area contributed by atoms with E-state index in [-0.39, 0.29) is 0 Å². The fourth-order valence-electron chi connectivity index (χ4n) is 2.63. The zero-order chi connectivity index (χ0) is 16.4. The Morgan fingerprint density at radius 3 is 2.65 bits per heavy atom. The average Bonchev–Trinajstić information content (AvgIpc) is 2.86. The second-order valence-corrected chi connectivity index (χ2v) is 5.66. The van der Waals surface area contributed by atoms with Crippen molar-refractivity contribution in [3.63, 3.8) is 0 Å². The minimum absolute atomic E-state index is 0.667. The number of aliphatic carboxylic acids is 1. The molecule has 0 saturated carbocycles. The Labute approximate surface area is 134 Å². The van der Waals surface area contributed by atoms with Crippen molar-refractivity contribution in [2.24, 2.45) is 0 Å². The summed E-state index contributed by atoms with van der Waals surface area (Å²) in [4.78, 5) is 15.6. The highest BCUT2D eigenvalue weighted by atomic mass is 16.4. The number of imidazole rings is 1. The molecule has 0 unspecified atom stereocenters. The molecular weight excluding hydrogens is 288 g/mol. The van der Waals surface area contributed by atoms with Gasteiger partial charge in [-0.3, -0.25) is 4.40 Å². The van der Waals surface area contributed by atoms with Crippen molar-refractivity contribution in [2.45, 2.75) is 20.3 Å². The lowest BCUT2D eigenvalue weighted by Gasteiger charge is -2.02. The lowest BCUT2D eigenvalue weighted by Crippen LogP contribution is -1.95. The van der Waals surface area contributed by atoms with E-state index >= 15 is 0 Å². The molecule has 4 nitrogen and oxygen atoms in total. The first-order chi connectivity index (χ1) is 11.0. The van der Waals surface area contributed by atoms with Gasteiger partial charge in [0, 0.05) is 18.7 Å². The molecule has 0 aliphatic carbocycles. The van der Waals surface area contributed by atoms with Crippen LogP contribution in [0.15, 0.2) is 48.7 Å². The molecular formula is C19H18N2O2. The molecule has 1 N–H and O–H groups in total. The lowest BCUT2D eigenvalue weighted by molar-refractivity contribution is -0.131. The SMILES string of the molecule is Cc1ccc(Cc2nc3c(C)cccn3c2/C=C/C(=O)O)cc1. The molecule has 23 heavy (non-hydrogen) atoms. The summed E-state index contributed by atoms with van der Waals surface area (Å²) in [5.41, 5.74) is 5.98. The average molecular weight is 306 g/mol. The Kier molecular flexibility index (Phi) is 3.98. The van der Waals surface area contributed by atoms with Gasteiger partial charge in [-0.2, -0.15) is 0 Å². The Morgan fingerprint density at radius 1 is 1.22 bits per heavy atom. The third-order valence-electron chi connectivity index (χ3n) is 3.83. The molecule has 0 amide bonds. The van der Waals surface area contributed by atoms with Crippen molar-refractivity contribution in [3.8, 4) is 0 Å². The molecule has 0 bridgehead atoms. The van der Waals surface area contributed by atoms with Gasteiger partial charge in [0.25, 0.3) is 0 Å². The highest BCUT2D eigenvalue weighted by Crippen LogP contribution is 2.20. The zero-order valence-corrected chi connectivity index (χ0v) is 13.2. The molecule has 3 rings (SSSR count). The van der Waals surface area contributed by atoms with Gasteiger partial charge in [0.15, 0.2) is 0 Å². The van der Waals surface area contributed by atoms with E-state index in [1.165, 1.54) is 5.56 Å². The van der Waals surface area contributed by atoms with Crippen LogP contribution in [0, 0.1) is 13.8 Å². The Morgan fingerprint density at radius 2 is 1.96 bits per heavy atom. The lowest BCUT2D eigenvalue weighted by atomic mass is 10.1. The number of carboxylic acids is 1. The molecule has 1 aromatic carbocycles. The summed E-state index contributed by atoms with van der Waals surface area (Å²) >= 11 is 0. The molecule has 2 heterocycles. The zero-order valence-electron chi connectivity index (χ0n) is 13.2. The van der Waals surface area contributed by atoms with Crippen LogP contribution >= 0.6 is 0 Å². The summed E-state index contributed by atoms with van der Waals surface area (Å²) in [6.45, 7) is 4.06. The van der Waals surface area contributed by atoms with Gasteiger partial charge in [-0.05, 0) is 37.1 Å². The maximum absolute atomic E-state index is 10.9. The number of hydrogen-bond donors (Lipinski definition) is 1. The van der Waals surface area contributed by atoms with Crippen LogP contribution < -0.4 is 0 Å². The first-order valence-electron chi connectivity index (χ1n) is 7.47. The topological polar surface area (TPSA) is 54.6 Å². The fraction of sp³-hybridized carbons (Fsp3) is 0.158. The molecule has 2 aromatic heterocycles. The molecule has 3 aromatic rings. The van der Waals surface area contributed by atoms with Gasteiger partial charge in [-0.1, -0.05) is 35.9 Å². The number of benzene rings is 1. The molecule has 0 atom stereocenters. The van der Waals surface area contributed by atoms with Crippen LogP contribution in [0.3, 0.4) is 0 Å². The van der Waals surface area contributed by atoms with E-state index in [0.29, 0.717) is 6.42 Å². The van der Waals surface area contributed by atoms with Crippen LogP contribution in [0.5, 0.6) is 0 Å². The highest BCUT2D eigenvalue weighted by Gasteiger charge is 2.12. The number of aromatic nitrogens is 2. The fourth-order valence-corrected chi connectivity index (χ4v) is 2.63. The van der Waals surface area contributed by atoms with Crippen LogP contribution in [0.1, 0.15) is 28.1 Å². The minimum Gasteiger partial charge on any atom is -0.478 e. The van der Waals surface area contributed by atoms with E-state index in [1.807, 2.05) is 29.7 Å². The predicted octanol–water partition coefficient (Wildman–Crippen LogP) is 3.64. The number of pyridine rings is 1. The van der Waals surface area contributed by atoms with Gasteiger partial charge in [0.2, 0.25) is 0 Å². The maximum atomic E-state index is 10.9.